The summed E-state index contributed by atoms with van der Waals surface area (Å²) in [6.07, 6.45) is 7.33. The van der Waals surface area contributed by atoms with E-state index in [1.807, 2.05) is 32.9 Å². The lowest BCUT2D eigenvalue weighted by molar-refractivity contribution is -0.142. The van der Waals surface area contributed by atoms with Crippen LogP contribution in [-0.4, -0.2) is 109 Å². The van der Waals surface area contributed by atoms with E-state index in [1.165, 1.54) is 23.3 Å². The number of hydrogen-bond acceptors (Lipinski definition) is 11. The molecule has 2 aliphatic carbocycles. The van der Waals surface area contributed by atoms with Gasteiger partial charge < -0.3 is 29.9 Å². The number of rotatable bonds is 8. The van der Waals surface area contributed by atoms with Crippen molar-refractivity contribution in [3.05, 3.63) is 46.4 Å². The van der Waals surface area contributed by atoms with E-state index < -0.39 is 68.5 Å². The van der Waals surface area contributed by atoms with Crippen LogP contribution in [0, 0.1) is 23.2 Å². The van der Waals surface area contributed by atoms with Crippen molar-refractivity contribution in [1.82, 2.24) is 30.1 Å². The molecule has 5 amide bonds. The van der Waals surface area contributed by atoms with E-state index >= 15 is 0 Å². The number of sulfonamides is 1. The summed E-state index contributed by atoms with van der Waals surface area (Å²) in [7, 11) is -2.40. The first-order valence-electron chi connectivity index (χ1n) is 19.9. The molecule has 0 radical (unpaired) electrons. The molecule has 1 aromatic carbocycles. The number of fused-ring (bicyclic) bond motifs is 4. The van der Waals surface area contributed by atoms with Gasteiger partial charge in [0.25, 0.3) is 11.8 Å². The Morgan fingerprint density at radius 3 is 2.57 bits per heavy atom. The van der Waals surface area contributed by atoms with Crippen LogP contribution in [0.15, 0.2) is 35.7 Å². The van der Waals surface area contributed by atoms with E-state index in [0.717, 1.165) is 18.4 Å². The lowest BCUT2D eigenvalue weighted by atomic mass is 9.93. The predicted molar refractivity (Wildman–Crippen MR) is 217 cm³/mol. The van der Waals surface area contributed by atoms with Crippen LogP contribution in [0.2, 0.25) is 5.02 Å². The number of carbonyl (C=O) groups is 5. The Morgan fingerprint density at radius 1 is 1.09 bits per heavy atom. The lowest BCUT2D eigenvalue weighted by Crippen LogP contribution is -2.60. The van der Waals surface area contributed by atoms with Gasteiger partial charge in [0.15, 0.2) is 0 Å². The maximum absolute atomic E-state index is 14.7. The van der Waals surface area contributed by atoms with E-state index in [4.69, 9.17) is 21.1 Å². The number of nitrogens with one attached hydrogen (secondary N) is 3. The molecule has 7 rings (SSSR count). The second-order valence-corrected chi connectivity index (χ2v) is 20.5. The van der Waals surface area contributed by atoms with Gasteiger partial charge in [-0.2, -0.15) is 0 Å². The van der Waals surface area contributed by atoms with Gasteiger partial charge in [-0.3, -0.25) is 23.9 Å². The molecule has 0 bridgehead atoms. The molecule has 0 spiro atoms. The summed E-state index contributed by atoms with van der Waals surface area (Å²) in [6, 6.07) is 3.13. The van der Waals surface area contributed by atoms with Crippen LogP contribution in [0.5, 0.6) is 5.75 Å². The first-order chi connectivity index (χ1) is 27.5. The largest absolute Gasteiger partial charge is 0.495 e. The molecule has 0 unspecified atom stereocenters. The number of carbonyl (C=O) groups excluding carboxylic acids is 5. The number of ether oxygens (including phenoxy) is 2. The Kier molecular flexibility index (Phi) is 11.9. The van der Waals surface area contributed by atoms with Gasteiger partial charge in [0.1, 0.15) is 34.1 Å². The van der Waals surface area contributed by atoms with Crippen molar-refractivity contribution in [2.24, 2.45) is 23.2 Å². The minimum Gasteiger partial charge on any atom is -0.495 e. The van der Waals surface area contributed by atoms with Crippen LogP contribution in [-0.2, 0) is 29.1 Å². The minimum atomic E-state index is -3.92. The van der Waals surface area contributed by atoms with Gasteiger partial charge in [0, 0.05) is 48.3 Å². The van der Waals surface area contributed by atoms with Crippen LogP contribution in [0.3, 0.4) is 0 Å². The fraction of sp³-hybridized carbons (Fsp3) is 0.600. The molecule has 18 heteroatoms. The van der Waals surface area contributed by atoms with Crippen molar-refractivity contribution in [1.29, 1.82) is 0 Å². The molecule has 2 saturated carbocycles. The van der Waals surface area contributed by atoms with Crippen molar-refractivity contribution in [3.8, 4) is 16.3 Å². The van der Waals surface area contributed by atoms with E-state index in [-0.39, 0.29) is 55.6 Å². The fourth-order valence-corrected chi connectivity index (χ4v) is 10.6. The standard InChI is InChI=1S/C40H51ClN6O9S2/c1-39(2,3)22-56-38(52)43-29-11-9-7-5-6-8-10-25-17-40(25,37(51)45-58(53,54)26-13-14-26)44-33(48)32-27-20-46(18-24(27)19-47(32)36(29)50)35(49)30-21-57-34(42-30)23-12-15-31(55-4)28(41)16-23/h8,10,12,15-16,21,24-27,29,32H,5-7,9,11,13-14,17-20,22H2,1-4H3,(H,43,52)(H,44,48)(H,45,51)/b10-8-/t24-,25+,27-,29-,32-,40+/m0/s1. The van der Waals surface area contributed by atoms with Gasteiger partial charge in [-0.15, -0.1) is 11.3 Å². The van der Waals surface area contributed by atoms with Gasteiger partial charge in [0.2, 0.25) is 21.8 Å². The Morgan fingerprint density at radius 2 is 1.86 bits per heavy atom. The third kappa shape index (κ3) is 9.00. The Balaban J connectivity index is 1.16. The second-order valence-electron chi connectivity index (χ2n) is 17.3. The van der Waals surface area contributed by atoms with E-state index in [1.54, 1.807) is 28.5 Å². The summed E-state index contributed by atoms with van der Waals surface area (Å²) in [5.74, 6) is -3.01. The van der Waals surface area contributed by atoms with Gasteiger partial charge in [-0.05, 0) is 62.1 Å². The topological polar surface area (TPSA) is 193 Å². The SMILES string of the molecule is COc1ccc(-c2nc(C(=O)N3C[C@H]4CN5C(=O)[C@@H](NC(=O)OCC(C)(C)C)CCCCC/C=C\[C@@H]6C[C@@]6(C(=O)NS(=O)(=O)C6CC6)NC(=O)[C@@H]5[C@H]4C3)cs2)cc1Cl. The first kappa shape index (κ1) is 41.9. The number of halogens is 1. The zero-order valence-corrected chi connectivity index (χ0v) is 35.5. The number of benzene rings is 1. The Bertz CT molecular complexity index is 2100. The number of likely N-dealkylation sites (tertiary alicyclic amines) is 1. The third-order valence-electron chi connectivity index (χ3n) is 11.5. The fourth-order valence-electron chi connectivity index (χ4n) is 8.17. The van der Waals surface area contributed by atoms with Crippen LogP contribution < -0.4 is 20.1 Å². The quantitative estimate of drug-likeness (QED) is 0.318. The number of methoxy groups -OCH3 is 1. The molecule has 2 saturated heterocycles. The molecular formula is C40H51ClN6O9S2. The number of nitrogens with zero attached hydrogens (tertiary/aromatic N) is 3. The Hall–Kier alpha value is -4.22. The highest BCUT2D eigenvalue weighted by molar-refractivity contribution is 7.91. The highest BCUT2D eigenvalue weighted by Crippen LogP contribution is 2.47. The summed E-state index contributed by atoms with van der Waals surface area (Å²) in [5.41, 5.74) is -0.896. The van der Waals surface area contributed by atoms with Crippen LogP contribution in [0.25, 0.3) is 10.6 Å². The van der Waals surface area contributed by atoms with Crippen molar-refractivity contribution < 1.29 is 41.9 Å². The number of amides is 5. The Labute approximate surface area is 347 Å². The van der Waals surface area contributed by atoms with Crippen molar-refractivity contribution in [2.75, 3.05) is 33.4 Å². The van der Waals surface area contributed by atoms with Gasteiger partial charge in [-0.1, -0.05) is 57.4 Å². The highest BCUT2D eigenvalue weighted by atomic mass is 35.5. The molecule has 2 aromatic rings. The molecular weight excluding hydrogens is 808 g/mol. The zero-order chi connectivity index (χ0) is 41.6. The number of thiazole rings is 1. The van der Waals surface area contributed by atoms with Gasteiger partial charge >= 0.3 is 6.09 Å². The normalized spacial score (nSPS) is 28.2. The smallest absolute Gasteiger partial charge is 0.407 e. The van der Waals surface area contributed by atoms with Gasteiger partial charge in [0.05, 0.1) is 24.0 Å². The first-order valence-corrected chi connectivity index (χ1v) is 22.7. The molecule has 314 valence electrons. The second kappa shape index (κ2) is 16.4. The summed E-state index contributed by atoms with van der Waals surface area (Å²) >= 11 is 7.64. The van der Waals surface area contributed by atoms with Crippen molar-refractivity contribution in [2.45, 2.75) is 95.0 Å². The zero-order valence-electron chi connectivity index (χ0n) is 33.1. The average molecular weight is 859 g/mol. The highest BCUT2D eigenvalue weighted by Gasteiger charge is 2.63. The minimum absolute atomic E-state index is 0.117. The van der Waals surface area contributed by atoms with Crippen LogP contribution in [0.4, 0.5) is 4.79 Å². The van der Waals surface area contributed by atoms with E-state index in [0.29, 0.717) is 47.9 Å². The van der Waals surface area contributed by atoms with E-state index in [9.17, 15) is 32.4 Å². The predicted octanol–water partition coefficient (Wildman–Crippen LogP) is 4.52. The average Bonchev–Trinajstić information content (AvgIpc) is 3.99. The summed E-state index contributed by atoms with van der Waals surface area (Å²) in [4.78, 5) is 77.9. The van der Waals surface area contributed by atoms with Crippen molar-refractivity contribution in [3.63, 3.8) is 0 Å². The molecule has 5 aliphatic rings. The monoisotopic (exact) mass is 858 g/mol. The number of alkyl carbamates (subject to hydrolysis) is 1. The van der Waals surface area contributed by atoms with Crippen molar-refractivity contribution >= 4 is 62.7 Å². The number of hydrogen-bond donors (Lipinski definition) is 3. The lowest BCUT2D eigenvalue weighted by Gasteiger charge is -2.33. The third-order valence-corrected chi connectivity index (χ3v) is 14.6. The maximum atomic E-state index is 14.7. The molecule has 4 fully saturated rings. The maximum Gasteiger partial charge on any atom is 0.407 e. The summed E-state index contributed by atoms with van der Waals surface area (Å²) in [6.45, 7) is 6.38. The van der Waals surface area contributed by atoms with Crippen LogP contribution >= 0.6 is 22.9 Å². The molecule has 3 aliphatic heterocycles. The van der Waals surface area contributed by atoms with Crippen LogP contribution in [0.1, 0.15) is 82.6 Å². The number of allylic oxidation sites excluding steroid dienone is 1. The summed E-state index contributed by atoms with van der Waals surface area (Å²) < 4.78 is 38.8. The molecule has 1 aromatic heterocycles. The van der Waals surface area contributed by atoms with E-state index in [2.05, 4.69) is 20.3 Å². The molecule has 58 heavy (non-hydrogen) atoms. The molecule has 15 nitrogen and oxygen atoms in total. The molecule has 3 N–H and O–H groups in total. The summed E-state index contributed by atoms with van der Waals surface area (Å²) in [5, 5.41) is 7.71. The van der Waals surface area contributed by atoms with Gasteiger partial charge in [-0.25, -0.2) is 18.2 Å². The molecule has 6 atom stereocenters. The number of aromatic nitrogens is 1. The molecule has 4 heterocycles.